The second kappa shape index (κ2) is 6.66. The second-order valence-electron chi connectivity index (χ2n) is 5.23. The maximum absolute atomic E-state index is 3.92. The Balaban J connectivity index is 0.000000154. The van der Waals surface area contributed by atoms with E-state index >= 15 is 0 Å². The van der Waals surface area contributed by atoms with Gasteiger partial charge in [-0.25, -0.2) is 4.98 Å². The van der Waals surface area contributed by atoms with Crippen molar-refractivity contribution in [3.63, 3.8) is 0 Å². The zero-order valence-corrected chi connectivity index (χ0v) is 13.4. The van der Waals surface area contributed by atoms with E-state index < -0.39 is 0 Å². The molecule has 0 bridgehead atoms. The van der Waals surface area contributed by atoms with Crippen molar-refractivity contribution in [3.8, 4) is 0 Å². The Morgan fingerprint density at radius 2 is 2.09 bits per heavy atom. The van der Waals surface area contributed by atoms with Crippen LogP contribution >= 0.6 is 11.9 Å². The van der Waals surface area contributed by atoms with Crippen LogP contribution in [-0.4, -0.2) is 14.8 Å². The maximum Gasteiger partial charge on any atom is 0.137 e. The monoisotopic (exact) mass is 310 g/mol. The first-order chi connectivity index (χ1) is 10.8. The molecule has 5 heteroatoms. The van der Waals surface area contributed by atoms with Gasteiger partial charge in [0.25, 0.3) is 0 Å². The third kappa shape index (κ3) is 3.14. The lowest BCUT2D eigenvalue weighted by Gasteiger charge is -2.00. The Labute approximate surface area is 134 Å². The van der Waals surface area contributed by atoms with Crippen LogP contribution in [0.4, 0.5) is 0 Å². The zero-order valence-electron chi connectivity index (χ0n) is 12.6. The van der Waals surface area contributed by atoms with E-state index in [1.165, 1.54) is 20.9 Å². The lowest BCUT2D eigenvalue weighted by Crippen LogP contribution is -2.24. The van der Waals surface area contributed by atoms with Crippen LogP contribution in [0, 0.1) is 0 Å². The number of allylic oxidation sites excluding steroid dienone is 2. The van der Waals surface area contributed by atoms with Crippen molar-refractivity contribution in [1.29, 1.82) is 0 Å². The molecule has 2 aromatic rings. The Morgan fingerprint density at radius 1 is 1.23 bits per heavy atom. The smallest absolute Gasteiger partial charge is 0.137 e. The predicted molar refractivity (Wildman–Crippen MR) is 91.9 cm³/mol. The summed E-state index contributed by atoms with van der Waals surface area (Å²) in [6.45, 7) is 4.13. The lowest BCUT2D eigenvalue weighted by atomic mass is 10.2. The number of aromatic nitrogens is 3. The van der Waals surface area contributed by atoms with Gasteiger partial charge in [0.2, 0.25) is 0 Å². The number of nitrogens with zero attached hydrogens (tertiary/aromatic N) is 3. The van der Waals surface area contributed by atoms with Gasteiger partial charge >= 0.3 is 0 Å². The summed E-state index contributed by atoms with van der Waals surface area (Å²) in [6.07, 6.45) is 11.7. The average molecular weight is 310 g/mol. The largest absolute Gasteiger partial charge is 0.332 e. The summed E-state index contributed by atoms with van der Waals surface area (Å²) in [5.74, 6) is 0. The van der Waals surface area contributed by atoms with Crippen LogP contribution in [0.1, 0.15) is 19.9 Å². The highest BCUT2D eigenvalue weighted by molar-refractivity contribution is 8.06. The van der Waals surface area contributed by atoms with Gasteiger partial charge < -0.3 is 4.72 Å². The molecule has 22 heavy (non-hydrogen) atoms. The Morgan fingerprint density at radius 3 is 2.82 bits per heavy atom. The normalized spacial score (nSPS) is 14.9. The van der Waals surface area contributed by atoms with Crippen LogP contribution in [0.3, 0.4) is 0 Å². The molecule has 0 unspecified atom stereocenters. The van der Waals surface area contributed by atoms with E-state index in [0.29, 0.717) is 6.04 Å². The molecular weight excluding hydrogens is 292 g/mol. The van der Waals surface area contributed by atoms with E-state index in [4.69, 9.17) is 0 Å². The van der Waals surface area contributed by atoms with Gasteiger partial charge in [-0.15, -0.1) is 0 Å². The van der Waals surface area contributed by atoms with E-state index in [1.807, 2.05) is 6.20 Å². The molecule has 112 valence electrons. The molecule has 0 saturated carbocycles. The van der Waals surface area contributed by atoms with Crippen molar-refractivity contribution < 1.29 is 0 Å². The summed E-state index contributed by atoms with van der Waals surface area (Å²) >= 11 is 1.69. The molecule has 1 aromatic heterocycles. The first kappa shape index (κ1) is 14.7. The Hall–Kier alpha value is -2.27. The van der Waals surface area contributed by atoms with Crippen LogP contribution in [0.5, 0.6) is 0 Å². The summed E-state index contributed by atoms with van der Waals surface area (Å²) < 4.78 is 4.99. The van der Waals surface area contributed by atoms with E-state index in [1.54, 1.807) is 29.3 Å². The molecule has 0 saturated heterocycles. The topological polar surface area (TPSA) is 42.7 Å². The first-order valence-corrected chi connectivity index (χ1v) is 8.02. The number of fused-ring (bicyclic) bond motifs is 2. The van der Waals surface area contributed by atoms with Gasteiger partial charge in [0.15, 0.2) is 0 Å². The van der Waals surface area contributed by atoms with E-state index in [0.717, 1.165) is 0 Å². The molecule has 4 rings (SSSR count). The van der Waals surface area contributed by atoms with Crippen molar-refractivity contribution in [2.45, 2.75) is 19.9 Å². The van der Waals surface area contributed by atoms with E-state index in [9.17, 15) is 0 Å². The molecule has 0 spiro atoms. The fourth-order valence-corrected chi connectivity index (χ4v) is 3.04. The molecule has 2 aliphatic rings. The van der Waals surface area contributed by atoms with Crippen LogP contribution in [-0.2, 0) is 0 Å². The standard InChI is InChI=1S/C12H9NS.C5H9N3/c1-2-7-11-9(4-1)5-3-6-10-8-13-14-12(10)11;1-5(2)8-4-6-3-7-8/h1-8,13H;3-5H,1-2H3. The number of hydrogen-bond donors (Lipinski definition) is 1. The van der Waals surface area contributed by atoms with Gasteiger partial charge in [-0.2, -0.15) is 5.10 Å². The molecule has 0 fully saturated rings. The number of nitrogens with one attached hydrogen (secondary N) is 1. The highest BCUT2D eigenvalue weighted by Crippen LogP contribution is 2.28. The summed E-state index contributed by atoms with van der Waals surface area (Å²) in [6, 6.07) is 8.90. The van der Waals surface area contributed by atoms with Crippen molar-refractivity contribution in [1.82, 2.24) is 19.5 Å². The van der Waals surface area contributed by atoms with Crippen molar-refractivity contribution >= 4 is 22.9 Å². The molecule has 0 radical (unpaired) electrons. The average Bonchev–Trinajstić information content (AvgIpc) is 3.18. The van der Waals surface area contributed by atoms with Gasteiger partial charge in [0.1, 0.15) is 12.7 Å². The van der Waals surface area contributed by atoms with E-state index in [2.05, 4.69) is 71.1 Å². The molecule has 0 atom stereocenters. The lowest BCUT2D eigenvalue weighted by molar-refractivity contribution is 0.531. The SMILES string of the molecule is C1=CC2=CNSC2=c2ccccc2=C1.CC(C)n1cncn1. The van der Waals surface area contributed by atoms with Crippen LogP contribution < -0.4 is 15.2 Å². The molecule has 1 aromatic carbocycles. The molecule has 1 N–H and O–H groups in total. The highest BCUT2D eigenvalue weighted by atomic mass is 32.2. The van der Waals surface area contributed by atoms with Gasteiger partial charge in [0, 0.05) is 22.7 Å². The second-order valence-corrected chi connectivity index (χ2v) is 6.08. The number of rotatable bonds is 1. The van der Waals surface area contributed by atoms with Crippen molar-refractivity contribution in [2.24, 2.45) is 0 Å². The van der Waals surface area contributed by atoms with Gasteiger partial charge in [-0.1, -0.05) is 42.5 Å². The number of benzene rings is 1. The molecule has 1 aliphatic heterocycles. The van der Waals surface area contributed by atoms with Crippen LogP contribution in [0.2, 0.25) is 0 Å². The molecular formula is C17H18N4S. The fourth-order valence-electron chi connectivity index (χ4n) is 2.20. The first-order valence-electron chi connectivity index (χ1n) is 7.20. The summed E-state index contributed by atoms with van der Waals surface area (Å²) in [5, 5.41) is 6.53. The van der Waals surface area contributed by atoms with Crippen molar-refractivity contribution in [2.75, 3.05) is 0 Å². The summed E-state index contributed by atoms with van der Waals surface area (Å²) in [7, 11) is 0. The van der Waals surface area contributed by atoms with E-state index in [-0.39, 0.29) is 0 Å². The van der Waals surface area contributed by atoms with Gasteiger partial charge in [0.05, 0.1) is 0 Å². The van der Waals surface area contributed by atoms with Gasteiger partial charge in [-0.05, 0) is 36.2 Å². The Kier molecular flexibility index (Phi) is 4.44. The predicted octanol–water partition coefficient (Wildman–Crippen LogP) is 2.14. The molecule has 2 heterocycles. The van der Waals surface area contributed by atoms with Crippen LogP contribution in [0.25, 0.3) is 11.0 Å². The minimum absolute atomic E-state index is 0.428. The minimum atomic E-state index is 0.428. The fraction of sp³-hybridized carbons (Fsp3) is 0.176. The third-order valence-electron chi connectivity index (χ3n) is 3.36. The molecule has 4 nitrogen and oxygen atoms in total. The quantitative estimate of drug-likeness (QED) is 0.820. The summed E-state index contributed by atoms with van der Waals surface area (Å²) in [4.78, 5) is 5.12. The minimum Gasteiger partial charge on any atom is -0.332 e. The summed E-state index contributed by atoms with van der Waals surface area (Å²) in [5.41, 5.74) is 1.27. The van der Waals surface area contributed by atoms with Crippen molar-refractivity contribution in [3.05, 3.63) is 71.3 Å². The zero-order chi connectivity index (χ0) is 15.4. The van der Waals surface area contributed by atoms with Gasteiger partial charge in [-0.3, -0.25) is 4.68 Å². The highest BCUT2D eigenvalue weighted by Gasteiger charge is 2.11. The third-order valence-corrected chi connectivity index (χ3v) is 4.26. The molecule has 1 aliphatic carbocycles. The number of hydrogen-bond acceptors (Lipinski definition) is 4. The van der Waals surface area contributed by atoms with Crippen LogP contribution in [0.15, 0.2) is 60.8 Å². The molecule has 0 amide bonds. The Bertz CT molecular complexity index is 817. The maximum atomic E-state index is 3.92.